The Kier molecular flexibility index (Phi) is 5.35. The van der Waals surface area contributed by atoms with Gasteiger partial charge in [0.05, 0.1) is 6.61 Å². The molecule has 2 rings (SSSR count). The molecule has 0 unspecified atom stereocenters. The number of benzene rings is 2. The highest BCUT2D eigenvalue weighted by Crippen LogP contribution is 2.16. The molecule has 0 spiro atoms. The molecule has 2 aromatic rings. The third-order valence-corrected chi connectivity index (χ3v) is 3.05. The van der Waals surface area contributed by atoms with Crippen molar-refractivity contribution in [1.29, 1.82) is 0 Å². The zero-order chi connectivity index (χ0) is 15.1. The summed E-state index contributed by atoms with van der Waals surface area (Å²) in [5, 5.41) is 2.87. The number of hydrogen-bond donors (Lipinski definition) is 2. The van der Waals surface area contributed by atoms with E-state index in [9.17, 15) is 4.79 Å². The van der Waals surface area contributed by atoms with Gasteiger partial charge in [0.2, 0.25) is 0 Å². The van der Waals surface area contributed by atoms with E-state index >= 15 is 0 Å². The maximum absolute atomic E-state index is 12.2. The van der Waals surface area contributed by atoms with Crippen molar-refractivity contribution >= 4 is 11.6 Å². The predicted molar refractivity (Wildman–Crippen MR) is 84.8 cm³/mol. The highest BCUT2D eigenvalue weighted by Gasteiger charge is 2.06. The van der Waals surface area contributed by atoms with Crippen LogP contribution in [0.15, 0.2) is 48.5 Å². The number of anilines is 1. The molecule has 0 radical (unpaired) electrons. The summed E-state index contributed by atoms with van der Waals surface area (Å²) in [7, 11) is 0. The van der Waals surface area contributed by atoms with Crippen LogP contribution in [0.1, 0.15) is 22.8 Å². The molecule has 110 valence electrons. The number of hydrogen-bond acceptors (Lipinski definition) is 3. The summed E-state index contributed by atoms with van der Waals surface area (Å²) in [5.74, 6) is 0.665. The minimum Gasteiger partial charge on any atom is -0.494 e. The molecular weight excluding hydrogens is 264 g/mol. The van der Waals surface area contributed by atoms with Crippen LogP contribution in [0.25, 0.3) is 0 Å². The van der Waals surface area contributed by atoms with E-state index in [1.165, 1.54) is 0 Å². The molecule has 0 aliphatic heterocycles. The van der Waals surface area contributed by atoms with E-state index in [0.717, 1.165) is 23.4 Å². The van der Waals surface area contributed by atoms with E-state index in [1.807, 2.05) is 49.4 Å². The van der Waals surface area contributed by atoms with Crippen LogP contribution in [-0.2, 0) is 6.42 Å². The summed E-state index contributed by atoms with van der Waals surface area (Å²) in [6.07, 6.45) is 0.768. The van der Waals surface area contributed by atoms with Gasteiger partial charge in [-0.3, -0.25) is 4.79 Å². The molecule has 0 aliphatic rings. The topological polar surface area (TPSA) is 64.3 Å². The average Bonchev–Trinajstić information content (AvgIpc) is 2.50. The van der Waals surface area contributed by atoms with Crippen molar-refractivity contribution in [1.82, 2.24) is 0 Å². The van der Waals surface area contributed by atoms with Crippen LogP contribution in [0.4, 0.5) is 5.69 Å². The molecular formula is C17H20N2O2. The van der Waals surface area contributed by atoms with Crippen LogP contribution >= 0.6 is 0 Å². The standard InChI is InChI=1S/C17H20N2O2/c1-2-21-16-8-6-15(7-9-16)19-17(20)14-5-3-4-13(12-14)10-11-18/h3-9,12H,2,10-11,18H2,1H3,(H,19,20). The summed E-state index contributed by atoms with van der Waals surface area (Å²) < 4.78 is 5.37. The lowest BCUT2D eigenvalue weighted by molar-refractivity contribution is 0.102. The predicted octanol–water partition coefficient (Wildman–Crippen LogP) is 2.84. The molecule has 2 aromatic carbocycles. The molecule has 0 saturated heterocycles. The lowest BCUT2D eigenvalue weighted by atomic mass is 10.1. The largest absolute Gasteiger partial charge is 0.494 e. The average molecular weight is 284 g/mol. The van der Waals surface area contributed by atoms with Crippen LogP contribution in [0.5, 0.6) is 5.75 Å². The van der Waals surface area contributed by atoms with Gasteiger partial charge >= 0.3 is 0 Å². The molecule has 0 aliphatic carbocycles. The van der Waals surface area contributed by atoms with Gasteiger partial charge in [0.25, 0.3) is 5.91 Å². The minimum absolute atomic E-state index is 0.127. The molecule has 4 heteroatoms. The zero-order valence-electron chi connectivity index (χ0n) is 12.1. The Hall–Kier alpha value is -2.33. The van der Waals surface area contributed by atoms with Gasteiger partial charge in [-0.25, -0.2) is 0 Å². The number of ether oxygens (including phenoxy) is 1. The Bertz CT molecular complexity index is 594. The summed E-state index contributed by atoms with van der Waals surface area (Å²) in [6, 6.07) is 14.8. The lowest BCUT2D eigenvalue weighted by Crippen LogP contribution is -2.12. The molecule has 0 saturated carbocycles. The van der Waals surface area contributed by atoms with Crippen LogP contribution in [0.2, 0.25) is 0 Å². The number of nitrogens with one attached hydrogen (secondary N) is 1. The molecule has 0 fully saturated rings. The van der Waals surface area contributed by atoms with Gasteiger partial charge in [0.1, 0.15) is 5.75 Å². The maximum Gasteiger partial charge on any atom is 0.255 e. The first-order valence-corrected chi connectivity index (χ1v) is 7.06. The van der Waals surface area contributed by atoms with Crippen LogP contribution < -0.4 is 15.8 Å². The molecule has 1 amide bonds. The number of carbonyl (C=O) groups is 1. The minimum atomic E-state index is -0.127. The maximum atomic E-state index is 12.2. The molecule has 0 heterocycles. The van der Waals surface area contributed by atoms with E-state index in [0.29, 0.717) is 18.7 Å². The summed E-state index contributed by atoms with van der Waals surface area (Å²) in [4.78, 5) is 12.2. The van der Waals surface area contributed by atoms with Gasteiger partial charge in [0.15, 0.2) is 0 Å². The summed E-state index contributed by atoms with van der Waals surface area (Å²) in [6.45, 7) is 3.13. The van der Waals surface area contributed by atoms with Gasteiger partial charge < -0.3 is 15.8 Å². The van der Waals surface area contributed by atoms with Crippen LogP contribution in [0, 0.1) is 0 Å². The van der Waals surface area contributed by atoms with E-state index in [1.54, 1.807) is 6.07 Å². The third-order valence-electron chi connectivity index (χ3n) is 3.05. The van der Waals surface area contributed by atoms with Crippen molar-refractivity contribution in [3.63, 3.8) is 0 Å². The highest BCUT2D eigenvalue weighted by atomic mass is 16.5. The molecule has 3 N–H and O–H groups in total. The first-order valence-electron chi connectivity index (χ1n) is 7.06. The van der Waals surface area contributed by atoms with Crippen LogP contribution in [0.3, 0.4) is 0 Å². The molecule has 0 aromatic heterocycles. The Morgan fingerprint density at radius 1 is 1.19 bits per heavy atom. The lowest BCUT2D eigenvalue weighted by Gasteiger charge is -2.08. The monoisotopic (exact) mass is 284 g/mol. The summed E-state index contributed by atoms with van der Waals surface area (Å²) in [5.41, 5.74) is 7.98. The molecule has 21 heavy (non-hydrogen) atoms. The van der Waals surface area contributed by atoms with E-state index in [2.05, 4.69) is 5.32 Å². The van der Waals surface area contributed by atoms with Crippen molar-refractivity contribution in [2.24, 2.45) is 5.73 Å². The number of amides is 1. The number of carbonyl (C=O) groups excluding carboxylic acids is 1. The SMILES string of the molecule is CCOc1ccc(NC(=O)c2cccc(CCN)c2)cc1. The Balaban J connectivity index is 2.05. The van der Waals surface area contributed by atoms with Gasteiger partial charge in [-0.1, -0.05) is 12.1 Å². The van der Waals surface area contributed by atoms with Gasteiger partial charge in [-0.15, -0.1) is 0 Å². The van der Waals surface area contributed by atoms with Crippen molar-refractivity contribution in [2.45, 2.75) is 13.3 Å². The molecule has 4 nitrogen and oxygen atoms in total. The second kappa shape index (κ2) is 7.45. The fourth-order valence-corrected chi connectivity index (χ4v) is 2.04. The van der Waals surface area contributed by atoms with E-state index in [4.69, 9.17) is 10.5 Å². The highest BCUT2D eigenvalue weighted by molar-refractivity contribution is 6.04. The van der Waals surface area contributed by atoms with E-state index < -0.39 is 0 Å². The fraction of sp³-hybridized carbons (Fsp3) is 0.235. The van der Waals surface area contributed by atoms with Gasteiger partial charge in [-0.2, -0.15) is 0 Å². The Morgan fingerprint density at radius 3 is 2.62 bits per heavy atom. The fourth-order valence-electron chi connectivity index (χ4n) is 2.04. The number of nitrogens with two attached hydrogens (primary N) is 1. The quantitative estimate of drug-likeness (QED) is 0.857. The van der Waals surface area contributed by atoms with E-state index in [-0.39, 0.29) is 5.91 Å². The van der Waals surface area contributed by atoms with Crippen LogP contribution in [-0.4, -0.2) is 19.1 Å². The third kappa shape index (κ3) is 4.33. The number of rotatable bonds is 6. The van der Waals surface area contributed by atoms with Crippen molar-refractivity contribution in [2.75, 3.05) is 18.5 Å². The first kappa shape index (κ1) is 15.1. The normalized spacial score (nSPS) is 10.2. The van der Waals surface area contributed by atoms with Gasteiger partial charge in [-0.05, 0) is 61.9 Å². The second-order valence-corrected chi connectivity index (χ2v) is 4.65. The van der Waals surface area contributed by atoms with Gasteiger partial charge in [0, 0.05) is 11.3 Å². The molecule has 0 atom stereocenters. The zero-order valence-corrected chi connectivity index (χ0v) is 12.1. The van der Waals surface area contributed by atoms with Crippen molar-refractivity contribution in [3.8, 4) is 5.75 Å². The first-order chi connectivity index (χ1) is 10.2. The Morgan fingerprint density at radius 2 is 1.95 bits per heavy atom. The van der Waals surface area contributed by atoms with Crippen molar-refractivity contribution < 1.29 is 9.53 Å². The smallest absolute Gasteiger partial charge is 0.255 e. The van der Waals surface area contributed by atoms with Crippen molar-refractivity contribution in [3.05, 3.63) is 59.7 Å². The summed E-state index contributed by atoms with van der Waals surface area (Å²) >= 11 is 0. The Labute approximate surface area is 124 Å². The molecule has 0 bridgehead atoms. The second-order valence-electron chi connectivity index (χ2n) is 4.65.